The van der Waals surface area contributed by atoms with Gasteiger partial charge in [0.1, 0.15) is 0 Å². The summed E-state index contributed by atoms with van der Waals surface area (Å²) >= 11 is 0. The van der Waals surface area contributed by atoms with E-state index < -0.39 is 6.10 Å². The Morgan fingerprint density at radius 3 is 1.62 bits per heavy atom. The molecule has 0 rings (SSSR count). The summed E-state index contributed by atoms with van der Waals surface area (Å²) in [5, 5.41) is 0. The van der Waals surface area contributed by atoms with Crippen LogP contribution < -0.4 is 0 Å². The van der Waals surface area contributed by atoms with Crippen LogP contribution in [-0.4, -0.2) is 17.9 Å². The van der Waals surface area contributed by atoms with E-state index in [0.717, 1.165) is 70.6 Å². The van der Waals surface area contributed by atoms with Gasteiger partial charge in [0.05, 0.1) is 0 Å². The summed E-state index contributed by atoms with van der Waals surface area (Å²) < 4.78 is 5.68. The SMILES string of the molecule is CCCCC/C=C\C/C=C\CCCCCCCC(=O)OC(CCCCCC)C(=O)C=CCCCCCCCC. The minimum atomic E-state index is -0.604. The number of carbonyl (C=O) groups excluding carboxylic acids is 2. The van der Waals surface area contributed by atoms with Crippen molar-refractivity contribution in [3.05, 3.63) is 36.5 Å². The highest BCUT2D eigenvalue weighted by Crippen LogP contribution is 2.14. The summed E-state index contributed by atoms with van der Waals surface area (Å²) in [6, 6.07) is 0. The van der Waals surface area contributed by atoms with E-state index in [2.05, 4.69) is 45.1 Å². The zero-order valence-electron chi connectivity index (χ0n) is 26.2. The van der Waals surface area contributed by atoms with Crippen molar-refractivity contribution in [3.63, 3.8) is 0 Å². The Morgan fingerprint density at radius 2 is 1.00 bits per heavy atom. The lowest BCUT2D eigenvalue weighted by Gasteiger charge is -2.15. The third-order valence-corrected chi connectivity index (χ3v) is 7.25. The van der Waals surface area contributed by atoms with Crippen LogP contribution in [-0.2, 0) is 14.3 Å². The molecule has 0 aliphatic heterocycles. The fraction of sp³-hybridized carbons (Fsp3) is 0.778. The molecule has 3 heteroatoms. The lowest BCUT2D eigenvalue weighted by Crippen LogP contribution is -2.26. The third kappa shape index (κ3) is 27.7. The van der Waals surface area contributed by atoms with Crippen molar-refractivity contribution in [2.75, 3.05) is 0 Å². The van der Waals surface area contributed by atoms with E-state index in [9.17, 15) is 9.59 Å². The number of allylic oxidation sites excluding steroid dienone is 5. The highest BCUT2D eigenvalue weighted by Gasteiger charge is 2.20. The van der Waals surface area contributed by atoms with E-state index in [-0.39, 0.29) is 11.8 Å². The van der Waals surface area contributed by atoms with E-state index in [1.54, 1.807) is 6.08 Å². The molecule has 0 amide bonds. The van der Waals surface area contributed by atoms with Gasteiger partial charge in [0, 0.05) is 6.42 Å². The Labute approximate surface area is 243 Å². The van der Waals surface area contributed by atoms with Gasteiger partial charge in [-0.1, -0.05) is 135 Å². The Morgan fingerprint density at radius 1 is 0.538 bits per heavy atom. The van der Waals surface area contributed by atoms with E-state index in [1.807, 2.05) is 6.08 Å². The maximum atomic E-state index is 12.8. The van der Waals surface area contributed by atoms with Crippen LogP contribution in [0.15, 0.2) is 36.5 Å². The zero-order valence-corrected chi connectivity index (χ0v) is 26.2. The van der Waals surface area contributed by atoms with Gasteiger partial charge in [-0.15, -0.1) is 0 Å². The maximum absolute atomic E-state index is 12.8. The molecular formula is C36H64O3. The van der Waals surface area contributed by atoms with Crippen LogP contribution in [0.3, 0.4) is 0 Å². The molecule has 0 aromatic carbocycles. The Hall–Kier alpha value is -1.64. The first kappa shape index (κ1) is 37.4. The van der Waals surface area contributed by atoms with Gasteiger partial charge in [-0.05, 0) is 70.3 Å². The van der Waals surface area contributed by atoms with Crippen molar-refractivity contribution in [1.82, 2.24) is 0 Å². The van der Waals surface area contributed by atoms with Gasteiger partial charge in [0.15, 0.2) is 11.9 Å². The number of esters is 1. The summed E-state index contributed by atoms with van der Waals surface area (Å²) in [7, 11) is 0. The molecule has 0 heterocycles. The molecule has 0 spiro atoms. The summed E-state index contributed by atoms with van der Waals surface area (Å²) in [6.45, 7) is 6.66. The lowest BCUT2D eigenvalue weighted by molar-refractivity contribution is -0.154. The summed E-state index contributed by atoms with van der Waals surface area (Å²) in [4.78, 5) is 25.2. The number of ether oxygens (including phenoxy) is 1. The average molecular weight is 545 g/mol. The largest absolute Gasteiger partial charge is 0.454 e. The quantitative estimate of drug-likeness (QED) is 0.0407. The molecule has 1 unspecified atom stereocenters. The third-order valence-electron chi connectivity index (χ3n) is 7.25. The minimum Gasteiger partial charge on any atom is -0.454 e. The van der Waals surface area contributed by atoms with Crippen LogP contribution in [0.5, 0.6) is 0 Å². The van der Waals surface area contributed by atoms with E-state index in [4.69, 9.17) is 4.74 Å². The van der Waals surface area contributed by atoms with Crippen molar-refractivity contribution < 1.29 is 14.3 Å². The van der Waals surface area contributed by atoms with E-state index in [0.29, 0.717) is 12.8 Å². The molecule has 0 N–H and O–H groups in total. The molecule has 3 nitrogen and oxygen atoms in total. The van der Waals surface area contributed by atoms with Gasteiger partial charge in [0.25, 0.3) is 0 Å². The number of unbranched alkanes of at least 4 members (excludes halogenated alkanes) is 17. The smallest absolute Gasteiger partial charge is 0.306 e. The first-order valence-electron chi connectivity index (χ1n) is 16.8. The molecular weight excluding hydrogens is 480 g/mol. The first-order chi connectivity index (χ1) is 19.2. The molecule has 0 radical (unpaired) electrons. The number of ketones is 1. The van der Waals surface area contributed by atoms with Crippen molar-refractivity contribution in [2.45, 2.75) is 181 Å². The van der Waals surface area contributed by atoms with Crippen LogP contribution >= 0.6 is 0 Å². The molecule has 0 fully saturated rings. The van der Waals surface area contributed by atoms with Gasteiger partial charge in [-0.3, -0.25) is 9.59 Å². The van der Waals surface area contributed by atoms with Gasteiger partial charge in [-0.2, -0.15) is 0 Å². The van der Waals surface area contributed by atoms with Gasteiger partial charge in [0.2, 0.25) is 0 Å². The Balaban J connectivity index is 4.08. The van der Waals surface area contributed by atoms with Crippen LogP contribution in [0.2, 0.25) is 0 Å². The fourth-order valence-corrected chi connectivity index (χ4v) is 4.66. The van der Waals surface area contributed by atoms with E-state index >= 15 is 0 Å². The first-order valence-corrected chi connectivity index (χ1v) is 16.8. The Kier molecular flexibility index (Phi) is 29.6. The monoisotopic (exact) mass is 544 g/mol. The number of carbonyl (C=O) groups is 2. The standard InChI is InChI=1S/C36H64O3/c1-4-7-10-13-15-17-18-19-20-21-22-23-25-27-30-33-36(38)39-35(32-29-12-9-6-3)34(37)31-28-26-24-16-14-11-8-5-2/h15,17,19-20,28,31,35H,4-14,16,18,21-27,29-30,32-33H2,1-3H3/b17-15-,20-19-,31-28?. The maximum Gasteiger partial charge on any atom is 0.306 e. The van der Waals surface area contributed by atoms with Crippen LogP contribution in [0, 0.1) is 0 Å². The van der Waals surface area contributed by atoms with Crippen molar-refractivity contribution >= 4 is 11.8 Å². The topological polar surface area (TPSA) is 43.4 Å². The zero-order chi connectivity index (χ0) is 28.7. The molecule has 226 valence electrons. The van der Waals surface area contributed by atoms with Gasteiger partial charge in [-0.25, -0.2) is 0 Å². The predicted octanol–water partition coefficient (Wildman–Crippen LogP) is 11.6. The highest BCUT2D eigenvalue weighted by atomic mass is 16.5. The molecule has 1 atom stereocenters. The normalized spacial score (nSPS) is 12.7. The number of hydrogen-bond acceptors (Lipinski definition) is 3. The summed E-state index contributed by atoms with van der Waals surface area (Å²) in [6.07, 6.45) is 38.9. The Bertz CT molecular complexity index is 631. The number of hydrogen-bond donors (Lipinski definition) is 0. The lowest BCUT2D eigenvalue weighted by atomic mass is 10.0. The second kappa shape index (κ2) is 30.9. The van der Waals surface area contributed by atoms with Crippen LogP contribution in [0.1, 0.15) is 175 Å². The van der Waals surface area contributed by atoms with E-state index in [1.165, 1.54) is 70.6 Å². The fourth-order valence-electron chi connectivity index (χ4n) is 4.66. The molecule has 0 bridgehead atoms. The molecule has 39 heavy (non-hydrogen) atoms. The minimum absolute atomic E-state index is 0.0362. The second-order valence-electron chi connectivity index (χ2n) is 11.2. The molecule has 0 aromatic heterocycles. The van der Waals surface area contributed by atoms with Crippen LogP contribution in [0.25, 0.3) is 0 Å². The molecule has 0 aliphatic rings. The molecule has 0 aromatic rings. The summed E-state index contributed by atoms with van der Waals surface area (Å²) in [5.74, 6) is -0.246. The van der Waals surface area contributed by atoms with Gasteiger partial charge < -0.3 is 4.74 Å². The molecule has 0 saturated heterocycles. The van der Waals surface area contributed by atoms with Crippen molar-refractivity contribution in [1.29, 1.82) is 0 Å². The second-order valence-corrected chi connectivity index (χ2v) is 11.2. The van der Waals surface area contributed by atoms with Crippen molar-refractivity contribution in [3.8, 4) is 0 Å². The van der Waals surface area contributed by atoms with Crippen molar-refractivity contribution in [2.24, 2.45) is 0 Å². The number of rotatable bonds is 29. The summed E-state index contributed by atoms with van der Waals surface area (Å²) in [5.41, 5.74) is 0. The van der Waals surface area contributed by atoms with Crippen LogP contribution in [0.4, 0.5) is 0 Å². The molecule has 0 saturated carbocycles. The highest BCUT2D eigenvalue weighted by molar-refractivity contribution is 5.94. The predicted molar refractivity (Wildman–Crippen MR) is 170 cm³/mol. The van der Waals surface area contributed by atoms with Gasteiger partial charge >= 0.3 is 5.97 Å². The molecule has 0 aliphatic carbocycles. The average Bonchev–Trinajstić information content (AvgIpc) is 2.93.